The predicted octanol–water partition coefficient (Wildman–Crippen LogP) is 2.32. The lowest BCUT2D eigenvalue weighted by Crippen LogP contribution is -2.09. The summed E-state index contributed by atoms with van der Waals surface area (Å²) in [5.41, 5.74) is -0.425. The Morgan fingerprint density at radius 3 is 2.75 bits per heavy atom. The number of carbonyl (C=O) groups excluding carboxylic acids is 1. The van der Waals surface area contributed by atoms with E-state index in [0.29, 0.717) is 6.07 Å². The molecule has 0 unspecified atom stereocenters. The molecule has 1 aromatic rings. The summed E-state index contributed by atoms with van der Waals surface area (Å²) in [5.74, 6) is -2.98. The number of hydrogen-bond donors (Lipinski definition) is 0. The van der Waals surface area contributed by atoms with Crippen molar-refractivity contribution in [2.45, 2.75) is 0 Å². The molecule has 0 aliphatic carbocycles. The van der Waals surface area contributed by atoms with E-state index in [2.05, 4.69) is 11.3 Å². The summed E-state index contributed by atoms with van der Waals surface area (Å²) in [7, 11) is 1.10. The van der Waals surface area contributed by atoms with Gasteiger partial charge in [-0.1, -0.05) is 12.7 Å². The summed E-state index contributed by atoms with van der Waals surface area (Å²) in [5, 5.41) is 0. The van der Waals surface area contributed by atoms with E-state index in [1.807, 2.05) is 0 Å². The molecule has 0 fully saturated rings. The maximum atomic E-state index is 13.3. The second kappa shape index (κ2) is 5.25. The van der Waals surface area contributed by atoms with Gasteiger partial charge in [0.25, 0.3) is 0 Å². The molecule has 86 valence electrons. The Labute approximate surface area is 91.3 Å². The fraction of sp³-hybridized carbons (Fsp3) is 0.182. The molecule has 1 rings (SSSR count). The molecule has 5 heteroatoms. The van der Waals surface area contributed by atoms with E-state index in [4.69, 9.17) is 4.74 Å². The Morgan fingerprint density at radius 2 is 2.19 bits per heavy atom. The van der Waals surface area contributed by atoms with Crippen LogP contribution in [0.1, 0.15) is 10.4 Å². The third-order valence-electron chi connectivity index (χ3n) is 1.77. The van der Waals surface area contributed by atoms with E-state index in [1.165, 1.54) is 6.08 Å². The number of hydrogen-bond acceptors (Lipinski definition) is 3. The minimum atomic E-state index is -1.02. The molecular weight excluding hydrogens is 218 g/mol. The van der Waals surface area contributed by atoms with Crippen LogP contribution in [0.5, 0.6) is 5.75 Å². The molecule has 0 atom stereocenters. The number of halogens is 2. The van der Waals surface area contributed by atoms with Gasteiger partial charge in [0, 0.05) is 12.1 Å². The molecule has 0 saturated carbocycles. The minimum Gasteiger partial charge on any atom is -0.488 e. The fourth-order valence-corrected chi connectivity index (χ4v) is 1.11. The quantitative estimate of drug-likeness (QED) is 0.586. The largest absolute Gasteiger partial charge is 0.488 e. The highest BCUT2D eigenvalue weighted by Gasteiger charge is 2.20. The molecule has 0 aromatic heterocycles. The summed E-state index contributed by atoms with van der Waals surface area (Å²) in [6.07, 6.45) is 1.39. The number of methoxy groups -OCH3 is 1. The molecular formula is C11H10F2O3. The third-order valence-corrected chi connectivity index (χ3v) is 1.77. The molecule has 0 heterocycles. The van der Waals surface area contributed by atoms with Crippen molar-refractivity contribution < 1.29 is 23.0 Å². The van der Waals surface area contributed by atoms with Crippen molar-refractivity contribution in [1.82, 2.24) is 0 Å². The minimum absolute atomic E-state index is 0.0346. The van der Waals surface area contributed by atoms with Crippen LogP contribution in [0, 0.1) is 11.6 Å². The molecule has 0 bridgehead atoms. The van der Waals surface area contributed by atoms with E-state index in [1.54, 1.807) is 0 Å². The van der Waals surface area contributed by atoms with Crippen molar-refractivity contribution in [2.24, 2.45) is 0 Å². The van der Waals surface area contributed by atoms with Crippen molar-refractivity contribution in [3.05, 3.63) is 42.0 Å². The summed E-state index contributed by atoms with van der Waals surface area (Å²) in [6, 6.07) is 1.51. The first-order valence-corrected chi connectivity index (χ1v) is 4.41. The van der Waals surface area contributed by atoms with Crippen LogP contribution in [-0.2, 0) is 4.74 Å². The first-order chi connectivity index (χ1) is 7.60. The lowest BCUT2D eigenvalue weighted by molar-refractivity contribution is 0.0591. The van der Waals surface area contributed by atoms with E-state index < -0.39 is 23.2 Å². The Morgan fingerprint density at radius 1 is 1.50 bits per heavy atom. The molecule has 16 heavy (non-hydrogen) atoms. The van der Waals surface area contributed by atoms with Crippen LogP contribution >= 0.6 is 0 Å². The zero-order valence-electron chi connectivity index (χ0n) is 8.63. The normalized spacial score (nSPS) is 9.69. The van der Waals surface area contributed by atoms with Crippen LogP contribution in [-0.4, -0.2) is 19.7 Å². The van der Waals surface area contributed by atoms with Gasteiger partial charge in [-0.3, -0.25) is 0 Å². The smallest absolute Gasteiger partial charge is 0.344 e. The SMILES string of the molecule is C=CCOc1cc(F)cc(F)c1C(=O)OC. The van der Waals surface area contributed by atoms with Gasteiger partial charge in [-0.2, -0.15) is 0 Å². The predicted molar refractivity (Wildman–Crippen MR) is 53.4 cm³/mol. The highest BCUT2D eigenvalue weighted by Crippen LogP contribution is 2.24. The summed E-state index contributed by atoms with van der Waals surface area (Å²) in [6.45, 7) is 3.42. The molecule has 0 aliphatic heterocycles. The van der Waals surface area contributed by atoms with Crippen LogP contribution in [0.4, 0.5) is 8.78 Å². The van der Waals surface area contributed by atoms with E-state index in [0.717, 1.165) is 13.2 Å². The van der Waals surface area contributed by atoms with Gasteiger partial charge in [-0.05, 0) is 0 Å². The molecule has 0 aliphatic rings. The average Bonchev–Trinajstić information content (AvgIpc) is 2.24. The van der Waals surface area contributed by atoms with Gasteiger partial charge in [-0.15, -0.1) is 0 Å². The Hall–Kier alpha value is -1.91. The first kappa shape index (κ1) is 12.2. The number of benzene rings is 1. The maximum Gasteiger partial charge on any atom is 0.344 e. The van der Waals surface area contributed by atoms with Crippen molar-refractivity contribution in [2.75, 3.05) is 13.7 Å². The molecule has 0 radical (unpaired) electrons. The summed E-state index contributed by atoms with van der Waals surface area (Å²) in [4.78, 5) is 11.2. The van der Waals surface area contributed by atoms with E-state index >= 15 is 0 Å². The van der Waals surface area contributed by atoms with Gasteiger partial charge in [-0.25, -0.2) is 13.6 Å². The molecule has 0 N–H and O–H groups in total. The third kappa shape index (κ3) is 2.56. The number of rotatable bonds is 4. The zero-order chi connectivity index (χ0) is 12.1. The second-order valence-electron chi connectivity index (χ2n) is 2.85. The average molecular weight is 228 g/mol. The summed E-state index contributed by atoms with van der Waals surface area (Å²) < 4.78 is 35.6. The second-order valence-corrected chi connectivity index (χ2v) is 2.85. The van der Waals surface area contributed by atoms with E-state index in [-0.39, 0.29) is 12.4 Å². The van der Waals surface area contributed by atoms with Crippen LogP contribution in [0.2, 0.25) is 0 Å². The standard InChI is InChI=1S/C11H10F2O3/c1-3-4-16-9-6-7(12)5-8(13)10(9)11(14)15-2/h3,5-6H,1,4H2,2H3. The van der Waals surface area contributed by atoms with Gasteiger partial charge in [0.15, 0.2) is 0 Å². The Kier molecular flexibility index (Phi) is 3.99. The van der Waals surface area contributed by atoms with Gasteiger partial charge in [0.05, 0.1) is 7.11 Å². The lowest BCUT2D eigenvalue weighted by Gasteiger charge is -2.09. The van der Waals surface area contributed by atoms with Crippen molar-refractivity contribution in [3.63, 3.8) is 0 Å². The molecule has 1 aromatic carbocycles. The van der Waals surface area contributed by atoms with Crippen LogP contribution < -0.4 is 4.74 Å². The van der Waals surface area contributed by atoms with Gasteiger partial charge < -0.3 is 9.47 Å². The zero-order valence-corrected chi connectivity index (χ0v) is 8.63. The lowest BCUT2D eigenvalue weighted by atomic mass is 10.2. The number of ether oxygens (including phenoxy) is 2. The van der Waals surface area contributed by atoms with Crippen LogP contribution in [0.25, 0.3) is 0 Å². The Balaban J connectivity index is 3.20. The molecule has 0 amide bonds. The molecule has 0 saturated heterocycles. The fourth-order valence-electron chi connectivity index (χ4n) is 1.11. The van der Waals surface area contributed by atoms with Crippen molar-refractivity contribution in [1.29, 1.82) is 0 Å². The van der Waals surface area contributed by atoms with E-state index in [9.17, 15) is 13.6 Å². The highest BCUT2D eigenvalue weighted by molar-refractivity contribution is 5.92. The van der Waals surface area contributed by atoms with Gasteiger partial charge in [0.1, 0.15) is 29.6 Å². The molecule has 0 spiro atoms. The van der Waals surface area contributed by atoms with Crippen molar-refractivity contribution in [3.8, 4) is 5.75 Å². The number of esters is 1. The van der Waals surface area contributed by atoms with Crippen LogP contribution in [0.15, 0.2) is 24.8 Å². The number of carbonyl (C=O) groups is 1. The van der Waals surface area contributed by atoms with Gasteiger partial charge in [0.2, 0.25) is 0 Å². The maximum absolute atomic E-state index is 13.3. The topological polar surface area (TPSA) is 35.5 Å². The van der Waals surface area contributed by atoms with Crippen molar-refractivity contribution >= 4 is 5.97 Å². The van der Waals surface area contributed by atoms with Crippen LogP contribution in [0.3, 0.4) is 0 Å². The summed E-state index contributed by atoms with van der Waals surface area (Å²) >= 11 is 0. The highest BCUT2D eigenvalue weighted by atomic mass is 19.1. The monoisotopic (exact) mass is 228 g/mol. The molecule has 3 nitrogen and oxygen atoms in total. The first-order valence-electron chi connectivity index (χ1n) is 4.41. The Bertz CT molecular complexity index is 416. The van der Waals surface area contributed by atoms with Gasteiger partial charge >= 0.3 is 5.97 Å².